The van der Waals surface area contributed by atoms with Gasteiger partial charge in [0.1, 0.15) is 0 Å². The van der Waals surface area contributed by atoms with Crippen molar-refractivity contribution in [2.24, 2.45) is 0 Å². The molecule has 1 aromatic carbocycles. The quantitative estimate of drug-likeness (QED) is 0.694. The molecular formula is C11H13NS. The summed E-state index contributed by atoms with van der Waals surface area (Å²) in [5, 5.41) is 1.29. The molecule has 0 unspecified atom stereocenters. The minimum absolute atomic E-state index is 0.961. The number of rotatable bonds is 3. The maximum absolute atomic E-state index is 4.20. The molecule has 0 saturated heterocycles. The normalized spacial score (nSPS) is 10.8. The molecule has 2 heteroatoms. The van der Waals surface area contributed by atoms with Gasteiger partial charge in [0.05, 0.1) is 0 Å². The van der Waals surface area contributed by atoms with Crippen molar-refractivity contribution in [1.82, 2.24) is 4.98 Å². The molecule has 0 amide bonds. The zero-order chi connectivity index (χ0) is 9.10. The summed E-state index contributed by atoms with van der Waals surface area (Å²) in [5.74, 6) is 0.961. The summed E-state index contributed by atoms with van der Waals surface area (Å²) in [6.07, 6.45) is 4.25. The Labute approximate surface area is 83.6 Å². The van der Waals surface area contributed by atoms with Crippen LogP contribution in [-0.4, -0.2) is 10.7 Å². The molecule has 0 radical (unpaired) electrons. The highest BCUT2D eigenvalue weighted by molar-refractivity contribution is 7.80. The Hall–Kier alpha value is -0.890. The van der Waals surface area contributed by atoms with E-state index in [1.54, 1.807) is 0 Å². The second-order valence-corrected chi connectivity index (χ2v) is 3.67. The summed E-state index contributed by atoms with van der Waals surface area (Å²) < 4.78 is 0. The Morgan fingerprint density at radius 2 is 2.15 bits per heavy atom. The summed E-state index contributed by atoms with van der Waals surface area (Å²) in [5.41, 5.74) is 2.63. The lowest BCUT2D eigenvalue weighted by Gasteiger charge is -1.99. The maximum Gasteiger partial charge on any atom is 0.0456 e. The van der Waals surface area contributed by atoms with Gasteiger partial charge in [0.15, 0.2) is 0 Å². The van der Waals surface area contributed by atoms with Gasteiger partial charge >= 0.3 is 0 Å². The molecule has 0 atom stereocenters. The number of hydrogen-bond acceptors (Lipinski definition) is 1. The predicted molar refractivity (Wildman–Crippen MR) is 60.5 cm³/mol. The number of hydrogen-bond donors (Lipinski definition) is 2. The van der Waals surface area contributed by atoms with Gasteiger partial charge in [-0.25, -0.2) is 0 Å². The Morgan fingerprint density at radius 3 is 3.00 bits per heavy atom. The van der Waals surface area contributed by atoms with E-state index in [1.807, 2.05) is 6.20 Å². The van der Waals surface area contributed by atoms with Crippen LogP contribution in [0.1, 0.15) is 12.0 Å². The average molecular weight is 191 g/mol. The first kappa shape index (κ1) is 8.70. The number of thiol groups is 1. The molecule has 0 bridgehead atoms. The van der Waals surface area contributed by atoms with E-state index in [4.69, 9.17) is 0 Å². The van der Waals surface area contributed by atoms with Gasteiger partial charge < -0.3 is 4.98 Å². The molecule has 0 fully saturated rings. The minimum atomic E-state index is 0.961. The Bertz CT molecular complexity index is 392. The Balaban J connectivity index is 2.26. The molecule has 0 saturated carbocycles. The molecule has 0 spiro atoms. The highest BCUT2D eigenvalue weighted by atomic mass is 32.1. The number of aromatic nitrogens is 1. The first-order valence-electron chi connectivity index (χ1n) is 4.57. The van der Waals surface area contributed by atoms with Gasteiger partial charge in [-0.2, -0.15) is 12.6 Å². The van der Waals surface area contributed by atoms with Crippen molar-refractivity contribution in [3.05, 3.63) is 36.0 Å². The monoisotopic (exact) mass is 191 g/mol. The number of fused-ring (bicyclic) bond motifs is 1. The van der Waals surface area contributed by atoms with E-state index in [-0.39, 0.29) is 0 Å². The van der Waals surface area contributed by atoms with E-state index < -0.39 is 0 Å². The van der Waals surface area contributed by atoms with Crippen LogP contribution in [0.3, 0.4) is 0 Å². The van der Waals surface area contributed by atoms with Crippen LogP contribution >= 0.6 is 12.6 Å². The largest absolute Gasteiger partial charge is 0.361 e. The van der Waals surface area contributed by atoms with E-state index in [1.165, 1.54) is 16.5 Å². The van der Waals surface area contributed by atoms with E-state index in [9.17, 15) is 0 Å². The number of H-pyrrole nitrogens is 1. The fraction of sp³-hybridized carbons (Fsp3) is 0.273. The molecular weight excluding hydrogens is 178 g/mol. The van der Waals surface area contributed by atoms with Crippen LogP contribution < -0.4 is 0 Å². The molecule has 0 aliphatic carbocycles. The van der Waals surface area contributed by atoms with E-state index in [0.29, 0.717) is 0 Å². The summed E-state index contributed by atoms with van der Waals surface area (Å²) >= 11 is 4.20. The molecule has 0 aliphatic heterocycles. The zero-order valence-electron chi connectivity index (χ0n) is 7.46. The fourth-order valence-corrected chi connectivity index (χ4v) is 1.69. The van der Waals surface area contributed by atoms with Crippen molar-refractivity contribution >= 4 is 23.5 Å². The van der Waals surface area contributed by atoms with Crippen LogP contribution in [0.15, 0.2) is 30.5 Å². The highest BCUT2D eigenvalue weighted by Crippen LogP contribution is 2.15. The van der Waals surface area contributed by atoms with Crippen molar-refractivity contribution < 1.29 is 0 Å². The van der Waals surface area contributed by atoms with Gasteiger partial charge in [0, 0.05) is 11.7 Å². The lowest BCUT2D eigenvalue weighted by atomic mass is 10.1. The van der Waals surface area contributed by atoms with Gasteiger partial charge in [-0.15, -0.1) is 0 Å². The fourth-order valence-electron chi connectivity index (χ4n) is 1.53. The number of benzene rings is 1. The van der Waals surface area contributed by atoms with Crippen molar-refractivity contribution in [2.75, 3.05) is 5.75 Å². The predicted octanol–water partition coefficient (Wildman–Crippen LogP) is 3.03. The molecule has 1 aromatic heterocycles. The van der Waals surface area contributed by atoms with Gasteiger partial charge in [0.2, 0.25) is 0 Å². The van der Waals surface area contributed by atoms with Crippen LogP contribution in [0.5, 0.6) is 0 Å². The standard InChI is InChI=1S/C11H13NS/c13-7-1-2-9-3-4-10-5-6-12-11(10)8-9/h3-6,8,12-13H,1-2,7H2. The van der Waals surface area contributed by atoms with E-state index >= 15 is 0 Å². The molecule has 1 nitrogen and oxygen atoms in total. The van der Waals surface area contributed by atoms with Gasteiger partial charge in [-0.05, 0) is 41.7 Å². The maximum atomic E-state index is 4.20. The van der Waals surface area contributed by atoms with Crippen LogP contribution in [-0.2, 0) is 6.42 Å². The Morgan fingerprint density at radius 1 is 1.23 bits per heavy atom. The molecule has 2 rings (SSSR count). The zero-order valence-corrected chi connectivity index (χ0v) is 8.35. The lowest BCUT2D eigenvalue weighted by Crippen LogP contribution is -1.85. The SMILES string of the molecule is SCCCc1ccc2cc[nH]c2c1. The number of nitrogens with one attached hydrogen (secondary N) is 1. The Kier molecular flexibility index (Phi) is 2.60. The molecule has 13 heavy (non-hydrogen) atoms. The lowest BCUT2D eigenvalue weighted by molar-refractivity contribution is 0.938. The van der Waals surface area contributed by atoms with Crippen LogP contribution in [0, 0.1) is 0 Å². The van der Waals surface area contributed by atoms with E-state index in [2.05, 4.69) is 41.9 Å². The number of aromatic amines is 1. The van der Waals surface area contributed by atoms with E-state index in [0.717, 1.165) is 18.6 Å². The molecule has 0 aliphatic rings. The summed E-state index contributed by atoms with van der Waals surface area (Å²) in [4.78, 5) is 3.22. The van der Waals surface area contributed by atoms with Crippen molar-refractivity contribution in [3.8, 4) is 0 Å². The second kappa shape index (κ2) is 3.88. The van der Waals surface area contributed by atoms with Crippen LogP contribution in [0.25, 0.3) is 10.9 Å². The van der Waals surface area contributed by atoms with Gasteiger partial charge in [0.25, 0.3) is 0 Å². The topological polar surface area (TPSA) is 15.8 Å². The van der Waals surface area contributed by atoms with Gasteiger partial charge in [-0.1, -0.05) is 12.1 Å². The minimum Gasteiger partial charge on any atom is -0.361 e. The summed E-state index contributed by atoms with van der Waals surface area (Å²) in [7, 11) is 0. The molecule has 2 aromatic rings. The number of aryl methyl sites for hydroxylation is 1. The van der Waals surface area contributed by atoms with Crippen molar-refractivity contribution in [2.45, 2.75) is 12.8 Å². The molecule has 68 valence electrons. The first-order chi connectivity index (χ1) is 6.40. The third kappa shape index (κ3) is 1.89. The average Bonchev–Trinajstić information content (AvgIpc) is 2.61. The first-order valence-corrected chi connectivity index (χ1v) is 5.20. The molecule has 1 N–H and O–H groups in total. The van der Waals surface area contributed by atoms with Gasteiger partial charge in [-0.3, -0.25) is 0 Å². The summed E-state index contributed by atoms with van der Waals surface area (Å²) in [6.45, 7) is 0. The summed E-state index contributed by atoms with van der Waals surface area (Å²) in [6, 6.07) is 8.68. The van der Waals surface area contributed by atoms with Crippen LogP contribution in [0.4, 0.5) is 0 Å². The smallest absolute Gasteiger partial charge is 0.0456 e. The third-order valence-corrected chi connectivity index (χ3v) is 2.56. The highest BCUT2D eigenvalue weighted by Gasteiger charge is 1.96. The third-order valence-electron chi connectivity index (χ3n) is 2.24. The van der Waals surface area contributed by atoms with Crippen LogP contribution in [0.2, 0.25) is 0 Å². The van der Waals surface area contributed by atoms with Crippen molar-refractivity contribution in [3.63, 3.8) is 0 Å². The second-order valence-electron chi connectivity index (χ2n) is 3.23. The molecule has 1 heterocycles. The van der Waals surface area contributed by atoms with Crippen molar-refractivity contribution in [1.29, 1.82) is 0 Å².